The lowest BCUT2D eigenvalue weighted by atomic mass is 10.0. The van der Waals surface area contributed by atoms with Gasteiger partial charge in [-0.2, -0.15) is 0 Å². The van der Waals surface area contributed by atoms with E-state index in [0.717, 1.165) is 35.4 Å². The van der Waals surface area contributed by atoms with Crippen molar-refractivity contribution in [3.63, 3.8) is 0 Å². The maximum atomic E-state index is 5.67. The van der Waals surface area contributed by atoms with Crippen molar-refractivity contribution in [1.29, 1.82) is 0 Å². The van der Waals surface area contributed by atoms with Crippen molar-refractivity contribution in [2.24, 2.45) is 0 Å². The van der Waals surface area contributed by atoms with E-state index in [-0.39, 0.29) is 0 Å². The van der Waals surface area contributed by atoms with Crippen LogP contribution >= 0.6 is 0 Å². The number of ether oxygens (including phenoxy) is 1. The molecule has 1 fully saturated rings. The van der Waals surface area contributed by atoms with Gasteiger partial charge in [0.25, 0.3) is 0 Å². The second-order valence-corrected chi connectivity index (χ2v) is 5.07. The van der Waals surface area contributed by atoms with Crippen LogP contribution in [0.3, 0.4) is 0 Å². The Kier molecular flexibility index (Phi) is 3.00. The van der Waals surface area contributed by atoms with Crippen LogP contribution in [0, 0.1) is 6.92 Å². The number of methoxy groups -OCH3 is 1. The second-order valence-electron chi connectivity index (χ2n) is 5.07. The Morgan fingerprint density at radius 3 is 3.00 bits per heavy atom. The number of rotatable bonds is 3. The molecule has 1 atom stereocenters. The summed E-state index contributed by atoms with van der Waals surface area (Å²) in [5.41, 5.74) is 2.18. The Bertz CT molecular complexity index is 553. The first-order chi connectivity index (χ1) is 8.76. The lowest BCUT2D eigenvalue weighted by molar-refractivity contribution is 0.408. The quantitative estimate of drug-likeness (QED) is 0.902. The Hall–Kier alpha value is -1.48. The van der Waals surface area contributed by atoms with Gasteiger partial charge in [0.05, 0.1) is 7.11 Å². The summed E-state index contributed by atoms with van der Waals surface area (Å²) in [5, 5.41) is 4.67. The SMILES string of the molecule is COc1cc(CC2CCCN2)cc2cc(C)oc12. The zero-order valence-electron chi connectivity index (χ0n) is 11.0. The fraction of sp³-hybridized carbons (Fsp3) is 0.467. The Balaban J connectivity index is 1.96. The molecule has 2 aromatic rings. The third kappa shape index (κ3) is 2.10. The van der Waals surface area contributed by atoms with Gasteiger partial charge in [-0.1, -0.05) is 0 Å². The molecule has 1 aromatic carbocycles. The van der Waals surface area contributed by atoms with Crippen LogP contribution in [0.4, 0.5) is 0 Å². The maximum Gasteiger partial charge on any atom is 0.176 e. The molecule has 3 heteroatoms. The van der Waals surface area contributed by atoms with Crippen molar-refractivity contribution in [1.82, 2.24) is 5.32 Å². The van der Waals surface area contributed by atoms with Crippen LogP contribution < -0.4 is 10.1 Å². The molecule has 0 aliphatic carbocycles. The van der Waals surface area contributed by atoms with E-state index in [4.69, 9.17) is 9.15 Å². The first-order valence-corrected chi connectivity index (χ1v) is 6.56. The van der Waals surface area contributed by atoms with Crippen molar-refractivity contribution in [2.75, 3.05) is 13.7 Å². The molecule has 1 aromatic heterocycles. The molecule has 1 N–H and O–H groups in total. The van der Waals surface area contributed by atoms with Crippen LogP contribution in [-0.4, -0.2) is 19.7 Å². The minimum atomic E-state index is 0.611. The molecule has 0 bridgehead atoms. The number of nitrogens with one attached hydrogen (secondary N) is 1. The molecule has 3 nitrogen and oxygen atoms in total. The molecule has 0 radical (unpaired) electrons. The molecular formula is C15H19NO2. The van der Waals surface area contributed by atoms with E-state index in [9.17, 15) is 0 Å². The molecule has 96 valence electrons. The predicted octanol–water partition coefficient (Wildman–Crippen LogP) is 3.04. The molecule has 1 saturated heterocycles. The summed E-state index contributed by atoms with van der Waals surface area (Å²) >= 11 is 0. The first-order valence-electron chi connectivity index (χ1n) is 6.56. The molecule has 2 heterocycles. The number of furan rings is 1. The van der Waals surface area contributed by atoms with Crippen LogP contribution in [0.1, 0.15) is 24.2 Å². The third-order valence-corrected chi connectivity index (χ3v) is 3.63. The molecule has 1 unspecified atom stereocenters. The van der Waals surface area contributed by atoms with Gasteiger partial charge >= 0.3 is 0 Å². The summed E-state index contributed by atoms with van der Waals surface area (Å²) in [6, 6.07) is 7.00. The zero-order chi connectivity index (χ0) is 12.5. The summed E-state index contributed by atoms with van der Waals surface area (Å²) in [6.07, 6.45) is 3.62. The molecule has 3 rings (SSSR count). The average molecular weight is 245 g/mol. The van der Waals surface area contributed by atoms with E-state index in [1.54, 1.807) is 7.11 Å². The van der Waals surface area contributed by atoms with Crippen molar-refractivity contribution in [3.8, 4) is 5.75 Å². The number of aryl methyl sites for hydroxylation is 1. The van der Waals surface area contributed by atoms with Crippen molar-refractivity contribution in [2.45, 2.75) is 32.2 Å². The van der Waals surface area contributed by atoms with Crippen molar-refractivity contribution >= 4 is 11.0 Å². The van der Waals surface area contributed by atoms with Gasteiger partial charge in [-0.25, -0.2) is 0 Å². The molecule has 1 aliphatic heterocycles. The summed E-state index contributed by atoms with van der Waals surface area (Å²) in [7, 11) is 1.70. The molecule has 18 heavy (non-hydrogen) atoms. The topological polar surface area (TPSA) is 34.4 Å². The Morgan fingerprint density at radius 2 is 2.28 bits per heavy atom. The molecular weight excluding hydrogens is 226 g/mol. The van der Waals surface area contributed by atoms with Crippen LogP contribution in [0.2, 0.25) is 0 Å². The van der Waals surface area contributed by atoms with Crippen molar-refractivity contribution in [3.05, 3.63) is 29.5 Å². The highest BCUT2D eigenvalue weighted by molar-refractivity contribution is 5.84. The van der Waals surface area contributed by atoms with Gasteiger partial charge in [-0.15, -0.1) is 0 Å². The van der Waals surface area contributed by atoms with Gasteiger partial charge in [-0.05, 0) is 56.5 Å². The molecule has 0 amide bonds. The monoisotopic (exact) mass is 245 g/mol. The maximum absolute atomic E-state index is 5.67. The smallest absolute Gasteiger partial charge is 0.176 e. The number of hydrogen-bond donors (Lipinski definition) is 1. The number of benzene rings is 1. The molecule has 0 saturated carbocycles. The van der Waals surface area contributed by atoms with E-state index in [0.29, 0.717) is 6.04 Å². The average Bonchev–Trinajstić information content (AvgIpc) is 2.96. The van der Waals surface area contributed by atoms with E-state index in [1.807, 2.05) is 6.92 Å². The summed E-state index contributed by atoms with van der Waals surface area (Å²) in [4.78, 5) is 0. The fourth-order valence-corrected chi connectivity index (χ4v) is 2.79. The highest BCUT2D eigenvalue weighted by Crippen LogP contribution is 2.31. The van der Waals surface area contributed by atoms with E-state index >= 15 is 0 Å². The van der Waals surface area contributed by atoms with E-state index < -0.39 is 0 Å². The minimum Gasteiger partial charge on any atom is -0.493 e. The number of fused-ring (bicyclic) bond motifs is 1. The summed E-state index contributed by atoms with van der Waals surface area (Å²) in [6.45, 7) is 3.12. The van der Waals surface area contributed by atoms with Gasteiger partial charge in [0.2, 0.25) is 0 Å². The van der Waals surface area contributed by atoms with Gasteiger partial charge in [0, 0.05) is 11.4 Å². The van der Waals surface area contributed by atoms with E-state index in [2.05, 4.69) is 23.5 Å². The van der Waals surface area contributed by atoms with Crippen LogP contribution in [0.5, 0.6) is 5.75 Å². The second kappa shape index (κ2) is 4.65. The van der Waals surface area contributed by atoms with Crippen molar-refractivity contribution < 1.29 is 9.15 Å². The van der Waals surface area contributed by atoms with E-state index in [1.165, 1.54) is 18.4 Å². The zero-order valence-corrected chi connectivity index (χ0v) is 11.0. The van der Waals surface area contributed by atoms with Gasteiger partial charge in [0.15, 0.2) is 11.3 Å². The lowest BCUT2D eigenvalue weighted by Gasteiger charge is -2.11. The lowest BCUT2D eigenvalue weighted by Crippen LogP contribution is -2.23. The van der Waals surface area contributed by atoms with Crippen LogP contribution in [-0.2, 0) is 6.42 Å². The van der Waals surface area contributed by atoms with Crippen LogP contribution in [0.15, 0.2) is 22.6 Å². The standard InChI is InChI=1S/C15H19NO2/c1-10-6-12-7-11(8-13-4-3-5-16-13)9-14(17-2)15(12)18-10/h6-7,9,13,16H,3-5,8H2,1-2H3. The highest BCUT2D eigenvalue weighted by atomic mass is 16.5. The minimum absolute atomic E-state index is 0.611. The van der Waals surface area contributed by atoms with Gasteiger partial charge < -0.3 is 14.5 Å². The van der Waals surface area contributed by atoms with Gasteiger partial charge in [0.1, 0.15) is 5.76 Å². The third-order valence-electron chi connectivity index (χ3n) is 3.63. The first kappa shape index (κ1) is 11.6. The molecule has 0 spiro atoms. The van der Waals surface area contributed by atoms with Crippen LogP contribution in [0.25, 0.3) is 11.0 Å². The summed E-state index contributed by atoms with van der Waals surface area (Å²) in [5.74, 6) is 1.77. The number of hydrogen-bond acceptors (Lipinski definition) is 3. The Morgan fingerprint density at radius 1 is 1.39 bits per heavy atom. The Labute approximate surface area is 107 Å². The fourth-order valence-electron chi connectivity index (χ4n) is 2.79. The normalized spacial score (nSPS) is 19.6. The largest absolute Gasteiger partial charge is 0.493 e. The van der Waals surface area contributed by atoms with Gasteiger partial charge in [-0.3, -0.25) is 0 Å². The highest BCUT2D eigenvalue weighted by Gasteiger charge is 2.16. The summed E-state index contributed by atoms with van der Waals surface area (Å²) < 4.78 is 11.1. The molecule has 1 aliphatic rings. The predicted molar refractivity (Wildman–Crippen MR) is 72.2 cm³/mol.